The number of ether oxygens (including phenoxy) is 1. The molecule has 2 aliphatic heterocycles. The molecule has 2 aliphatic rings. The second-order valence-corrected chi connectivity index (χ2v) is 9.30. The lowest BCUT2D eigenvalue weighted by Crippen LogP contribution is -2.49. The number of aromatic nitrogens is 1. The highest BCUT2D eigenvalue weighted by molar-refractivity contribution is 7.11. The summed E-state index contributed by atoms with van der Waals surface area (Å²) < 4.78 is 7.46. The molecule has 5 nitrogen and oxygen atoms in total. The number of benzene rings is 1. The molecule has 1 saturated heterocycles. The Morgan fingerprint density at radius 3 is 2.55 bits per heavy atom. The highest BCUT2D eigenvalue weighted by Crippen LogP contribution is 2.35. The monoisotopic (exact) mass is 407 g/mol. The van der Waals surface area contributed by atoms with Gasteiger partial charge < -0.3 is 14.2 Å². The van der Waals surface area contributed by atoms with Gasteiger partial charge in [0.15, 0.2) is 0 Å². The zero-order valence-electron chi connectivity index (χ0n) is 16.7. The van der Waals surface area contributed by atoms with Crippen molar-refractivity contribution < 1.29 is 9.53 Å². The number of thiophene rings is 1. The van der Waals surface area contributed by atoms with Gasteiger partial charge in [-0.05, 0) is 48.9 Å². The first-order valence-corrected chi connectivity index (χ1v) is 10.8. The SMILES string of the molecule is COc1ccc(CN2C(=O)c3cccn3[C@@H]3CN(Cc4ccc(C)s4)C[C@@H]32)cc1. The van der Waals surface area contributed by atoms with Crippen LogP contribution in [0.5, 0.6) is 5.75 Å². The number of fused-ring (bicyclic) bond motifs is 3. The van der Waals surface area contributed by atoms with Crippen LogP contribution in [0.15, 0.2) is 54.7 Å². The molecule has 0 unspecified atom stereocenters. The first-order chi connectivity index (χ1) is 14.1. The van der Waals surface area contributed by atoms with E-state index >= 15 is 0 Å². The summed E-state index contributed by atoms with van der Waals surface area (Å²) in [5.41, 5.74) is 1.93. The lowest BCUT2D eigenvalue weighted by molar-refractivity contribution is 0.0556. The van der Waals surface area contributed by atoms with Gasteiger partial charge in [-0.2, -0.15) is 0 Å². The van der Waals surface area contributed by atoms with E-state index in [2.05, 4.69) is 51.8 Å². The Balaban J connectivity index is 1.41. The van der Waals surface area contributed by atoms with Crippen LogP contribution in [0.4, 0.5) is 0 Å². The quantitative estimate of drug-likeness (QED) is 0.643. The van der Waals surface area contributed by atoms with Crippen molar-refractivity contribution in [2.24, 2.45) is 0 Å². The second-order valence-electron chi connectivity index (χ2n) is 7.92. The molecule has 150 valence electrons. The van der Waals surface area contributed by atoms with Crippen molar-refractivity contribution >= 4 is 17.2 Å². The fourth-order valence-corrected chi connectivity index (χ4v) is 5.56. The van der Waals surface area contributed by atoms with Gasteiger partial charge in [-0.3, -0.25) is 9.69 Å². The summed E-state index contributed by atoms with van der Waals surface area (Å²) in [6.07, 6.45) is 2.06. The lowest BCUT2D eigenvalue weighted by atomic mass is 10.0. The van der Waals surface area contributed by atoms with E-state index in [1.807, 2.05) is 35.6 Å². The average molecular weight is 408 g/mol. The predicted molar refractivity (Wildman–Crippen MR) is 114 cm³/mol. The molecule has 0 saturated carbocycles. The number of amides is 1. The molecule has 0 bridgehead atoms. The third kappa shape index (κ3) is 3.36. The van der Waals surface area contributed by atoms with E-state index in [1.165, 1.54) is 9.75 Å². The van der Waals surface area contributed by atoms with Crippen LogP contribution < -0.4 is 4.74 Å². The minimum absolute atomic E-state index is 0.126. The van der Waals surface area contributed by atoms with Crippen LogP contribution >= 0.6 is 11.3 Å². The first kappa shape index (κ1) is 18.5. The maximum absolute atomic E-state index is 13.3. The van der Waals surface area contributed by atoms with Gasteiger partial charge in [0.25, 0.3) is 5.91 Å². The predicted octanol–water partition coefficient (Wildman–Crippen LogP) is 3.95. The topological polar surface area (TPSA) is 37.7 Å². The highest BCUT2D eigenvalue weighted by Gasteiger charge is 2.44. The van der Waals surface area contributed by atoms with Gasteiger partial charge in [0, 0.05) is 42.1 Å². The molecule has 29 heavy (non-hydrogen) atoms. The second kappa shape index (κ2) is 7.35. The van der Waals surface area contributed by atoms with E-state index < -0.39 is 0 Å². The molecule has 3 aromatic rings. The molecule has 5 rings (SSSR count). The summed E-state index contributed by atoms with van der Waals surface area (Å²) in [6.45, 7) is 5.60. The summed E-state index contributed by atoms with van der Waals surface area (Å²) >= 11 is 1.86. The number of methoxy groups -OCH3 is 1. The number of aryl methyl sites for hydroxylation is 1. The lowest BCUT2D eigenvalue weighted by Gasteiger charge is -2.38. The summed E-state index contributed by atoms with van der Waals surface area (Å²) in [4.78, 5) is 20.6. The summed E-state index contributed by atoms with van der Waals surface area (Å²) in [7, 11) is 1.67. The first-order valence-electron chi connectivity index (χ1n) is 10.0. The van der Waals surface area contributed by atoms with Crippen molar-refractivity contribution in [2.45, 2.75) is 32.1 Å². The number of nitrogens with zero attached hydrogens (tertiary/aromatic N) is 3. The standard InChI is InChI=1S/C23H25N3O2S/c1-16-5-10-19(29-16)13-24-14-21-22(15-24)26(23(27)20-4-3-11-25(20)21)12-17-6-8-18(28-2)9-7-17/h3-11,21-22H,12-15H2,1-2H3/t21-,22+/m1/s1. The molecule has 1 fully saturated rings. The van der Waals surface area contributed by atoms with E-state index in [9.17, 15) is 4.79 Å². The van der Waals surface area contributed by atoms with E-state index in [1.54, 1.807) is 7.11 Å². The van der Waals surface area contributed by atoms with Gasteiger partial charge in [0.2, 0.25) is 0 Å². The molecule has 0 aliphatic carbocycles. The number of likely N-dealkylation sites (tertiary alicyclic amines) is 1. The highest BCUT2D eigenvalue weighted by atomic mass is 32.1. The Labute approximate surface area is 175 Å². The van der Waals surface area contributed by atoms with Gasteiger partial charge >= 0.3 is 0 Å². The van der Waals surface area contributed by atoms with Gasteiger partial charge in [-0.25, -0.2) is 0 Å². The van der Waals surface area contributed by atoms with Crippen LogP contribution in [0, 0.1) is 6.92 Å². The van der Waals surface area contributed by atoms with Crippen LogP contribution in [-0.4, -0.2) is 46.5 Å². The van der Waals surface area contributed by atoms with Gasteiger partial charge in [-0.15, -0.1) is 11.3 Å². The molecule has 1 aromatic carbocycles. The zero-order valence-corrected chi connectivity index (χ0v) is 17.6. The van der Waals surface area contributed by atoms with Crippen LogP contribution in [0.25, 0.3) is 0 Å². The maximum Gasteiger partial charge on any atom is 0.271 e. The number of carbonyl (C=O) groups excluding carboxylic acids is 1. The van der Waals surface area contributed by atoms with Crippen molar-refractivity contribution in [3.8, 4) is 5.75 Å². The molecule has 0 radical (unpaired) electrons. The molecular formula is C23H25N3O2S. The number of hydrogen-bond donors (Lipinski definition) is 0. The van der Waals surface area contributed by atoms with Crippen LogP contribution in [0.3, 0.4) is 0 Å². The van der Waals surface area contributed by atoms with E-state index in [-0.39, 0.29) is 11.9 Å². The molecule has 6 heteroatoms. The Morgan fingerprint density at radius 1 is 1.03 bits per heavy atom. The van der Waals surface area contributed by atoms with E-state index in [0.29, 0.717) is 12.6 Å². The minimum Gasteiger partial charge on any atom is -0.497 e. The average Bonchev–Trinajstić information content (AvgIpc) is 3.45. The maximum atomic E-state index is 13.3. The van der Waals surface area contributed by atoms with E-state index in [4.69, 9.17) is 4.74 Å². The summed E-state index contributed by atoms with van der Waals surface area (Å²) in [5, 5.41) is 0. The number of carbonyl (C=O) groups is 1. The molecule has 2 aromatic heterocycles. The Morgan fingerprint density at radius 2 is 1.83 bits per heavy atom. The van der Waals surface area contributed by atoms with Gasteiger partial charge in [0.05, 0.1) is 19.2 Å². The molecular weight excluding hydrogens is 382 g/mol. The Bertz CT molecular complexity index is 1020. The van der Waals surface area contributed by atoms with E-state index in [0.717, 1.165) is 36.6 Å². The Hall–Kier alpha value is -2.57. The number of hydrogen-bond acceptors (Lipinski definition) is 4. The van der Waals surface area contributed by atoms with Crippen molar-refractivity contribution in [3.05, 3.63) is 75.7 Å². The van der Waals surface area contributed by atoms with Crippen molar-refractivity contribution in [1.29, 1.82) is 0 Å². The van der Waals surface area contributed by atoms with Crippen LogP contribution in [0.1, 0.15) is 31.8 Å². The summed E-state index contributed by atoms with van der Waals surface area (Å²) in [6, 6.07) is 16.9. The summed E-state index contributed by atoms with van der Waals surface area (Å²) in [5.74, 6) is 0.963. The fraction of sp³-hybridized carbons (Fsp3) is 0.348. The minimum atomic E-state index is 0.126. The van der Waals surface area contributed by atoms with Crippen molar-refractivity contribution in [3.63, 3.8) is 0 Å². The largest absolute Gasteiger partial charge is 0.497 e. The zero-order chi connectivity index (χ0) is 20.0. The molecule has 2 atom stereocenters. The van der Waals surface area contributed by atoms with Crippen LogP contribution in [-0.2, 0) is 13.1 Å². The Kier molecular flexibility index (Phi) is 4.68. The third-order valence-corrected chi connectivity index (χ3v) is 7.02. The molecule has 0 spiro atoms. The van der Waals surface area contributed by atoms with Crippen molar-refractivity contribution in [1.82, 2.24) is 14.4 Å². The number of rotatable bonds is 5. The van der Waals surface area contributed by atoms with Crippen molar-refractivity contribution in [2.75, 3.05) is 20.2 Å². The van der Waals surface area contributed by atoms with Gasteiger partial charge in [0.1, 0.15) is 11.4 Å². The normalized spacial score (nSPS) is 21.3. The molecule has 0 N–H and O–H groups in total. The third-order valence-electron chi connectivity index (χ3n) is 6.04. The smallest absolute Gasteiger partial charge is 0.271 e. The molecule has 1 amide bonds. The van der Waals surface area contributed by atoms with Gasteiger partial charge in [-0.1, -0.05) is 12.1 Å². The van der Waals surface area contributed by atoms with Crippen LogP contribution in [0.2, 0.25) is 0 Å². The molecule has 4 heterocycles. The fourth-order valence-electron chi connectivity index (χ4n) is 4.62.